The predicted molar refractivity (Wildman–Crippen MR) is 86.5 cm³/mol. The van der Waals surface area contributed by atoms with E-state index in [0.717, 1.165) is 0 Å². The number of ether oxygens (including phenoxy) is 1. The van der Waals surface area contributed by atoms with Crippen molar-refractivity contribution in [1.82, 2.24) is 0 Å². The van der Waals surface area contributed by atoms with Gasteiger partial charge in [-0.25, -0.2) is 4.39 Å². The Kier molecular flexibility index (Phi) is 6.35. The molecule has 0 aliphatic rings. The number of alkyl halides is 2. The molecule has 122 valence electrons. The molecule has 1 N–H and O–H groups in total. The van der Waals surface area contributed by atoms with Crippen molar-refractivity contribution in [3.8, 4) is 5.75 Å². The molecule has 2 rings (SSSR count). The third-order valence-electron chi connectivity index (χ3n) is 2.63. The number of benzene rings is 2. The van der Waals surface area contributed by atoms with E-state index in [1.807, 2.05) is 0 Å². The fourth-order valence-electron chi connectivity index (χ4n) is 1.69. The van der Waals surface area contributed by atoms with Crippen molar-refractivity contribution in [1.29, 1.82) is 0 Å². The summed E-state index contributed by atoms with van der Waals surface area (Å²) in [6.07, 6.45) is 0. The summed E-state index contributed by atoms with van der Waals surface area (Å²) in [5.74, 6) is -3.23. The van der Waals surface area contributed by atoms with Crippen LogP contribution >= 0.6 is 27.7 Å². The Balaban J connectivity index is 1.97. The minimum absolute atomic E-state index is 0.263. The Morgan fingerprint density at radius 3 is 2.70 bits per heavy atom. The molecule has 2 aromatic carbocycles. The first-order valence-corrected chi connectivity index (χ1v) is 8.04. The standard InChI is InChI=1S/C15H11BrF3NO2S/c16-10-7-9(17)5-6-12(10)22-8-14(21)20-11-3-1-2-4-13(11)23-15(18)19/h1-7,15H,8H2,(H,20,21). The van der Waals surface area contributed by atoms with Gasteiger partial charge in [-0.1, -0.05) is 23.9 Å². The van der Waals surface area contributed by atoms with Crippen LogP contribution in [0.1, 0.15) is 0 Å². The smallest absolute Gasteiger partial charge is 0.288 e. The van der Waals surface area contributed by atoms with Crippen LogP contribution in [0.15, 0.2) is 51.8 Å². The van der Waals surface area contributed by atoms with E-state index in [1.54, 1.807) is 12.1 Å². The molecule has 0 aliphatic carbocycles. The van der Waals surface area contributed by atoms with Crippen molar-refractivity contribution in [2.45, 2.75) is 10.7 Å². The average molecular weight is 406 g/mol. The number of amides is 1. The van der Waals surface area contributed by atoms with Gasteiger partial charge in [-0.2, -0.15) is 8.78 Å². The summed E-state index contributed by atoms with van der Waals surface area (Å²) in [6.45, 7) is -0.335. The SMILES string of the molecule is O=C(COc1ccc(F)cc1Br)Nc1ccccc1SC(F)F. The molecular weight excluding hydrogens is 395 g/mol. The number of para-hydroxylation sites is 1. The zero-order chi connectivity index (χ0) is 16.8. The van der Waals surface area contributed by atoms with Crippen LogP contribution in [0.4, 0.5) is 18.9 Å². The Labute approximate surface area is 143 Å². The van der Waals surface area contributed by atoms with Crippen molar-refractivity contribution < 1.29 is 22.7 Å². The summed E-state index contributed by atoms with van der Waals surface area (Å²) >= 11 is 3.47. The predicted octanol–water partition coefficient (Wildman–Crippen LogP) is 4.92. The molecular formula is C15H11BrF3NO2S. The van der Waals surface area contributed by atoms with Gasteiger partial charge in [0.15, 0.2) is 6.61 Å². The second kappa shape index (κ2) is 8.26. The first-order chi connectivity index (χ1) is 11.0. The topological polar surface area (TPSA) is 38.3 Å². The van der Waals surface area contributed by atoms with Crippen LogP contribution in [0.5, 0.6) is 5.75 Å². The van der Waals surface area contributed by atoms with E-state index in [0.29, 0.717) is 22.0 Å². The van der Waals surface area contributed by atoms with Gasteiger partial charge in [-0.3, -0.25) is 4.79 Å². The largest absolute Gasteiger partial charge is 0.483 e. The molecule has 0 fully saturated rings. The maximum atomic E-state index is 13.0. The number of carbonyl (C=O) groups is 1. The number of nitrogens with one attached hydrogen (secondary N) is 1. The summed E-state index contributed by atoms with van der Waals surface area (Å²) in [7, 11) is 0. The number of thioether (sulfide) groups is 1. The van der Waals surface area contributed by atoms with Crippen LogP contribution in [-0.4, -0.2) is 18.3 Å². The molecule has 2 aromatic rings. The third kappa shape index (κ3) is 5.47. The van der Waals surface area contributed by atoms with Gasteiger partial charge in [0.05, 0.1) is 10.2 Å². The molecule has 0 bridgehead atoms. The molecule has 0 spiro atoms. The Morgan fingerprint density at radius 2 is 2.00 bits per heavy atom. The molecule has 0 radical (unpaired) electrons. The van der Waals surface area contributed by atoms with Crippen molar-refractivity contribution in [2.75, 3.05) is 11.9 Å². The highest BCUT2D eigenvalue weighted by atomic mass is 79.9. The number of carbonyl (C=O) groups excluding carboxylic acids is 1. The molecule has 0 saturated heterocycles. The van der Waals surface area contributed by atoms with E-state index in [-0.39, 0.29) is 17.2 Å². The van der Waals surface area contributed by atoms with Gasteiger partial charge in [0.2, 0.25) is 0 Å². The number of rotatable bonds is 6. The number of hydrogen-bond donors (Lipinski definition) is 1. The van der Waals surface area contributed by atoms with Crippen molar-refractivity contribution in [3.63, 3.8) is 0 Å². The van der Waals surface area contributed by atoms with E-state index < -0.39 is 17.5 Å². The molecule has 0 heterocycles. The Bertz CT molecular complexity index is 700. The minimum atomic E-state index is -2.58. The third-order valence-corrected chi connectivity index (χ3v) is 4.04. The number of anilines is 1. The van der Waals surface area contributed by atoms with Gasteiger partial charge in [0, 0.05) is 4.90 Å². The maximum Gasteiger partial charge on any atom is 0.288 e. The lowest BCUT2D eigenvalue weighted by atomic mass is 10.3. The summed E-state index contributed by atoms with van der Waals surface area (Å²) in [4.78, 5) is 12.1. The minimum Gasteiger partial charge on any atom is -0.483 e. The van der Waals surface area contributed by atoms with Gasteiger partial charge < -0.3 is 10.1 Å². The Hall–Kier alpha value is -1.67. The monoisotopic (exact) mass is 405 g/mol. The van der Waals surface area contributed by atoms with Crippen LogP contribution in [0.2, 0.25) is 0 Å². The van der Waals surface area contributed by atoms with Gasteiger partial charge >= 0.3 is 0 Å². The summed E-state index contributed by atoms with van der Waals surface area (Å²) < 4.78 is 43.5. The fourth-order valence-corrected chi connectivity index (χ4v) is 2.75. The molecule has 0 saturated carbocycles. The van der Waals surface area contributed by atoms with Crippen molar-refractivity contribution >= 4 is 39.3 Å². The van der Waals surface area contributed by atoms with E-state index in [1.165, 1.54) is 30.3 Å². The molecule has 1 amide bonds. The fraction of sp³-hybridized carbons (Fsp3) is 0.133. The van der Waals surface area contributed by atoms with Gasteiger partial charge in [-0.15, -0.1) is 0 Å². The van der Waals surface area contributed by atoms with E-state index in [9.17, 15) is 18.0 Å². The lowest BCUT2D eigenvalue weighted by Gasteiger charge is -2.11. The lowest BCUT2D eigenvalue weighted by Crippen LogP contribution is -2.20. The van der Waals surface area contributed by atoms with E-state index in [4.69, 9.17) is 4.74 Å². The maximum absolute atomic E-state index is 13.0. The molecule has 0 aromatic heterocycles. The van der Waals surface area contributed by atoms with E-state index in [2.05, 4.69) is 21.2 Å². The van der Waals surface area contributed by atoms with Gasteiger partial charge in [0.25, 0.3) is 11.7 Å². The summed E-state index contributed by atoms with van der Waals surface area (Å²) in [6, 6.07) is 10.0. The highest BCUT2D eigenvalue weighted by Gasteiger charge is 2.12. The van der Waals surface area contributed by atoms with Crippen molar-refractivity contribution in [2.24, 2.45) is 0 Å². The average Bonchev–Trinajstić information content (AvgIpc) is 2.48. The molecule has 8 heteroatoms. The molecule has 0 atom stereocenters. The van der Waals surface area contributed by atoms with Crippen LogP contribution in [0, 0.1) is 5.82 Å². The first-order valence-electron chi connectivity index (χ1n) is 6.37. The van der Waals surface area contributed by atoms with E-state index >= 15 is 0 Å². The normalized spacial score (nSPS) is 10.7. The Morgan fingerprint density at radius 1 is 1.26 bits per heavy atom. The molecule has 23 heavy (non-hydrogen) atoms. The molecule has 0 unspecified atom stereocenters. The lowest BCUT2D eigenvalue weighted by molar-refractivity contribution is -0.118. The molecule has 3 nitrogen and oxygen atoms in total. The van der Waals surface area contributed by atoms with Crippen LogP contribution < -0.4 is 10.1 Å². The summed E-state index contributed by atoms with van der Waals surface area (Å²) in [5.41, 5.74) is 0.282. The number of halogens is 4. The molecule has 0 aliphatic heterocycles. The van der Waals surface area contributed by atoms with Gasteiger partial charge in [0.1, 0.15) is 11.6 Å². The first kappa shape index (κ1) is 17.7. The quantitative estimate of drug-likeness (QED) is 0.693. The zero-order valence-corrected chi connectivity index (χ0v) is 14.0. The van der Waals surface area contributed by atoms with Crippen LogP contribution in [0.25, 0.3) is 0 Å². The second-order valence-corrected chi connectivity index (χ2v) is 6.17. The summed E-state index contributed by atoms with van der Waals surface area (Å²) in [5, 5.41) is 2.51. The van der Waals surface area contributed by atoms with Gasteiger partial charge in [-0.05, 0) is 46.3 Å². The van der Waals surface area contributed by atoms with Crippen LogP contribution in [-0.2, 0) is 4.79 Å². The second-order valence-electron chi connectivity index (χ2n) is 4.29. The zero-order valence-electron chi connectivity index (χ0n) is 11.6. The number of hydrogen-bond acceptors (Lipinski definition) is 3. The van der Waals surface area contributed by atoms with Crippen LogP contribution in [0.3, 0.4) is 0 Å². The highest BCUT2D eigenvalue weighted by Crippen LogP contribution is 2.31. The van der Waals surface area contributed by atoms with Crippen molar-refractivity contribution in [3.05, 3.63) is 52.8 Å². The highest BCUT2D eigenvalue weighted by molar-refractivity contribution is 9.10.